The summed E-state index contributed by atoms with van der Waals surface area (Å²) in [6.45, 7) is 0.806. The Morgan fingerprint density at radius 2 is 2.00 bits per heavy atom. The number of hydrogen-bond acceptors (Lipinski definition) is 4. The van der Waals surface area contributed by atoms with Gasteiger partial charge in [-0.2, -0.15) is 0 Å². The van der Waals surface area contributed by atoms with Gasteiger partial charge in [-0.15, -0.1) is 0 Å². The first-order valence-electron chi connectivity index (χ1n) is 5.65. The fourth-order valence-electron chi connectivity index (χ4n) is 2.52. The SMILES string of the molecule is CS(=O)(=O)CCN1CNC2(CCCC2)C1=O. The average molecular weight is 246 g/mol. The highest BCUT2D eigenvalue weighted by Gasteiger charge is 2.47. The van der Waals surface area contributed by atoms with Gasteiger partial charge in [-0.05, 0) is 12.8 Å². The summed E-state index contributed by atoms with van der Waals surface area (Å²) in [4.78, 5) is 13.7. The molecule has 2 fully saturated rings. The van der Waals surface area contributed by atoms with Crippen molar-refractivity contribution in [2.75, 3.05) is 25.2 Å². The van der Waals surface area contributed by atoms with E-state index in [1.165, 1.54) is 6.26 Å². The highest BCUT2D eigenvalue weighted by Crippen LogP contribution is 2.34. The van der Waals surface area contributed by atoms with Crippen molar-refractivity contribution in [3.05, 3.63) is 0 Å². The van der Waals surface area contributed by atoms with Crippen LogP contribution in [0.3, 0.4) is 0 Å². The van der Waals surface area contributed by atoms with Gasteiger partial charge in [-0.3, -0.25) is 10.1 Å². The van der Waals surface area contributed by atoms with E-state index in [1.807, 2.05) is 0 Å². The lowest BCUT2D eigenvalue weighted by Crippen LogP contribution is -2.44. The Morgan fingerprint density at radius 3 is 2.56 bits per heavy atom. The van der Waals surface area contributed by atoms with Crippen molar-refractivity contribution in [2.24, 2.45) is 0 Å². The highest BCUT2D eigenvalue weighted by molar-refractivity contribution is 7.90. The molecule has 1 amide bonds. The lowest BCUT2D eigenvalue weighted by atomic mass is 9.98. The van der Waals surface area contributed by atoms with Gasteiger partial charge in [0.05, 0.1) is 18.0 Å². The maximum absolute atomic E-state index is 12.1. The van der Waals surface area contributed by atoms with Gasteiger partial charge in [-0.1, -0.05) is 12.8 Å². The maximum Gasteiger partial charge on any atom is 0.243 e. The van der Waals surface area contributed by atoms with Crippen molar-refractivity contribution in [3.8, 4) is 0 Å². The summed E-state index contributed by atoms with van der Waals surface area (Å²) in [5, 5.41) is 3.25. The van der Waals surface area contributed by atoms with E-state index in [0.717, 1.165) is 25.7 Å². The molecule has 92 valence electrons. The second-order valence-electron chi connectivity index (χ2n) is 4.82. The molecule has 1 heterocycles. The number of nitrogens with one attached hydrogen (secondary N) is 1. The van der Waals surface area contributed by atoms with Crippen molar-refractivity contribution < 1.29 is 13.2 Å². The van der Waals surface area contributed by atoms with Crippen LogP contribution in [0.15, 0.2) is 0 Å². The van der Waals surface area contributed by atoms with E-state index in [1.54, 1.807) is 4.90 Å². The molecule has 1 N–H and O–H groups in total. The Hall–Kier alpha value is -0.620. The first-order valence-corrected chi connectivity index (χ1v) is 7.71. The molecule has 1 saturated heterocycles. The average Bonchev–Trinajstić information content (AvgIpc) is 2.75. The van der Waals surface area contributed by atoms with Gasteiger partial charge in [0.1, 0.15) is 9.84 Å². The van der Waals surface area contributed by atoms with Crippen molar-refractivity contribution >= 4 is 15.7 Å². The third-order valence-corrected chi connectivity index (χ3v) is 4.42. The Balaban J connectivity index is 1.97. The molecule has 1 aliphatic carbocycles. The molecule has 16 heavy (non-hydrogen) atoms. The quantitative estimate of drug-likeness (QED) is 0.744. The van der Waals surface area contributed by atoms with Gasteiger partial charge in [0.15, 0.2) is 0 Å². The maximum atomic E-state index is 12.1. The first kappa shape index (κ1) is 11.9. The number of carbonyl (C=O) groups is 1. The van der Waals surface area contributed by atoms with Crippen molar-refractivity contribution in [2.45, 2.75) is 31.2 Å². The van der Waals surface area contributed by atoms with E-state index in [9.17, 15) is 13.2 Å². The molecule has 1 spiro atoms. The summed E-state index contributed by atoms with van der Waals surface area (Å²) in [5.74, 6) is 0.143. The fourth-order valence-corrected chi connectivity index (χ4v) is 3.07. The van der Waals surface area contributed by atoms with E-state index >= 15 is 0 Å². The van der Waals surface area contributed by atoms with Crippen LogP contribution in [0, 0.1) is 0 Å². The zero-order valence-electron chi connectivity index (χ0n) is 9.53. The number of sulfone groups is 1. The normalized spacial score (nSPS) is 24.6. The van der Waals surface area contributed by atoms with Gasteiger partial charge in [-0.25, -0.2) is 8.42 Å². The predicted molar refractivity (Wildman–Crippen MR) is 60.6 cm³/mol. The van der Waals surface area contributed by atoms with Crippen LogP contribution in [-0.2, 0) is 14.6 Å². The Labute approximate surface area is 96.1 Å². The number of rotatable bonds is 3. The minimum absolute atomic E-state index is 0.0521. The Morgan fingerprint density at radius 1 is 1.38 bits per heavy atom. The van der Waals surface area contributed by atoms with E-state index in [2.05, 4.69) is 5.32 Å². The van der Waals surface area contributed by atoms with E-state index in [4.69, 9.17) is 0 Å². The second-order valence-corrected chi connectivity index (χ2v) is 7.08. The zero-order chi connectivity index (χ0) is 11.8. The first-order chi connectivity index (χ1) is 7.43. The smallest absolute Gasteiger partial charge is 0.243 e. The molecule has 2 aliphatic rings. The molecule has 1 aliphatic heterocycles. The summed E-state index contributed by atoms with van der Waals surface area (Å²) in [7, 11) is -2.99. The molecule has 0 bridgehead atoms. The van der Waals surface area contributed by atoms with Crippen LogP contribution in [0.4, 0.5) is 0 Å². The molecule has 6 heteroatoms. The monoisotopic (exact) mass is 246 g/mol. The van der Waals surface area contributed by atoms with Crippen LogP contribution in [0.1, 0.15) is 25.7 Å². The molecule has 0 radical (unpaired) electrons. The van der Waals surface area contributed by atoms with E-state index in [0.29, 0.717) is 13.2 Å². The van der Waals surface area contributed by atoms with Gasteiger partial charge in [0.25, 0.3) is 0 Å². The molecule has 0 aromatic heterocycles. The van der Waals surface area contributed by atoms with E-state index < -0.39 is 9.84 Å². The minimum Gasteiger partial charge on any atom is -0.327 e. The second kappa shape index (κ2) is 4.00. The minimum atomic E-state index is -2.99. The highest BCUT2D eigenvalue weighted by atomic mass is 32.2. The Bertz CT molecular complexity index is 385. The molecular weight excluding hydrogens is 228 g/mol. The molecule has 5 nitrogen and oxygen atoms in total. The lowest BCUT2D eigenvalue weighted by molar-refractivity contribution is -0.132. The summed E-state index contributed by atoms with van der Waals surface area (Å²) in [6.07, 6.45) is 5.14. The van der Waals surface area contributed by atoms with Gasteiger partial charge in [0, 0.05) is 12.8 Å². The third-order valence-electron chi connectivity index (χ3n) is 3.49. The fraction of sp³-hybridized carbons (Fsp3) is 0.900. The predicted octanol–water partition coefficient (Wildman–Crippen LogP) is -0.267. The largest absolute Gasteiger partial charge is 0.327 e. The molecule has 0 aromatic carbocycles. The van der Waals surface area contributed by atoms with Crippen LogP contribution in [0.5, 0.6) is 0 Å². The van der Waals surface area contributed by atoms with Crippen LogP contribution >= 0.6 is 0 Å². The molecule has 2 rings (SSSR count). The molecular formula is C10H18N2O3S. The van der Waals surface area contributed by atoms with Crippen molar-refractivity contribution in [3.63, 3.8) is 0 Å². The molecule has 0 atom stereocenters. The molecule has 1 saturated carbocycles. The van der Waals surface area contributed by atoms with Crippen LogP contribution < -0.4 is 5.32 Å². The van der Waals surface area contributed by atoms with Gasteiger partial charge < -0.3 is 4.90 Å². The number of hydrogen-bond donors (Lipinski definition) is 1. The third kappa shape index (κ3) is 2.22. The topological polar surface area (TPSA) is 66.5 Å². The van der Waals surface area contributed by atoms with Crippen molar-refractivity contribution in [1.82, 2.24) is 10.2 Å². The van der Waals surface area contributed by atoms with Gasteiger partial charge in [0.2, 0.25) is 5.91 Å². The number of carbonyl (C=O) groups excluding carboxylic acids is 1. The van der Waals surface area contributed by atoms with Gasteiger partial charge >= 0.3 is 0 Å². The van der Waals surface area contributed by atoms with Crippen LogP contribution in [-0.4, -0.2) is 50.0 Å². The zero-order valence-corrected chi connectivity index (χ0v) is 10.3. The van der Waals surface area contributed by atoms with E-state index in [-0.39, 0.29) is 17.2 Å². The summed E-state index contributed by atoms with van der Waals surface area (Å²) >= 11 is 0. The molecule has 0 aromatic rings. The summed E-state index contributed by atoms with van der Waals surface area (Å²) in [5.41, 5.74) is -0.364. The number of amides is 1. The van der Waals surface area contributed by atoms with Crippen LogP contribution in [0.25, 0.3) is 0 Å². The molecule has 0 unspecified atom stereocenters. The summed E-state index contributed by atoms with van der Waals surface area (Å²) < 4.78 is 22.1. The number of nitrogens with zero attached hydrogens (tertiary/aromatic N) is 1. The summed E-state index contributed by atoms with van der Waals surface area (Å²) in [6, 6.07) is 0. The van der Waals surface area contributed by atoms with Crippen LogP contribution in [0.2, 0.25) is 0 Å². The Kier molecular flexibility index (Phi) is 2.96. The standard InChI is InChI=1S/C10H18N2O3S/c1-16(14,15)7-6-12-8-11-10(9(12)13)4-2-3-5-10/h11H,2-8H2,1H3. The lowest BCUT2D eigenvalue weighted by Gasteiger charge is -2.21. The van der Waals surface area contributed by atoms with Crippen molar-refractivity contribution in [1.29, 1.82) is 0 Å².